The number of amides is 1. The summed E-state index contributed by atoms with van der Waals surface area (Å²) in [5.41, 5.74) is 1.87. The van der Waals surface area contributed by atoms with E-state index in [0.717, 1.165) is 11.1 Å². The van der Waals surface area contributed by atoms with Crippen molar-refractivity contribution in [1.29, 1.82) is 0 Å². The van der Waals surface area contributed by atoms with Gasteiger partial charge in [0, 0.05) is 12.5 Å². The quantitative estimate of drug-likeness (QED) is 0.820. The number of rotatable bonds is 7. The lowest BCUT2D eigenvalue weighted by Gasteiger charge is -2.12. The van der Waals surface area contributed by atoms with Gasteiger partial charge in [-0.05, 0) is 48.2 Å². The number of carboxylic acid groups (broad SMARTS) is 1. The number of halogens is 1. The second-order valence-corrected chi connectivity index (χ2v) is 5.78. The van der Waals surface area contributed by atoms with Crippen LogP contribution in [0.25, 0.3) is 0 Å². The summed E-state index contributed by atoms with van der Waals surface area (Å²) in [5.74, 6) is -1.64. The van der Waals surface area contributed by atoms with Gasteiger partial charge in [-0.1, -0.05) is 31.2 Å². The zero-order valence-corrected chi connectivity index (χ0v) is 13.5. The lowest BCUT2D eigenvalue weighted by Crippen LogP contribution is -2.31. The van der Waals surface area contributed by atoms with E-state index in [4.69, 9.17) is 5.11 Å². The molecule has 0 spiro atoms. The molecule has 2 rings (SSSR count). The van der Waals surface area contributed by atoms with Gasteiger partial charge >= 0.3 is 5.97 Å². The minimum atomic E-state index is -0.968. The van der Waals surface area contributed by atoms with Crippen LogP contribution < -0.4 is 5.32 Å². The van der Waals surface area contributed by atoms with Crippen LogP contribution in [0.15, 0.2) is 48.5 Å². The first-order valence-electron chi connectivity index (χ1n) is 7.80. The number of carbonyl (C=O) groups excluding carboxylic acids is 1. The van der Waals surface area contributed by atoms with Crippen molar-refractivity contribution in [3.8, 4) is 0 Å². The zero-order chi connectivity index (χ0) is 17.5. The molecule has 0 aliphatic rings. The number of benzene rings is 2. The maximum Gasteiger partial charge on any atom is 0.335 e. The fraction of sp³-hybridized carbons (Fsp3) is 0.263. The molecule has 0 saturated carbocycles. The molecule has 24 heavy (non-hydrogen) atoms. The molecule has 0 saturated heterocycles. The minimum Gasteiger partial charge on any atom is -0.478 e. The summed E-state index contributed by atoms with van der Waals surface area (Å²) in [6, 6.07) is 12.9. The predicted molar refractivity (Wildman–Crippen MR) is 89.4 cm³/mol. The Balaban J connectivity index is 1.82. The van der Waals surface area contributed by atoms with Crippen LogP contribution >= 0.6 is 0 Å². The van der Waals surface area contributed by atoms with Gasteiger partial charge in [0.15, 0.2) is 0 Å². The highest BCUT2D eigenvalue weighted by molar-refractivity contribution is 5.87. The molecule has 0 aliphatic heterocycles. The molecule has 0 aromatic heterocycles. The molecule has 0 radical (unpaired) electrons. The van der Waals surface area contributed by atoms with Crippen molar-refractivity contribution in [3.63, 3.8) is 0 Å². The van der Waals surface area contributed by atoms with E-state index in [9.17, 15) is 14.0 Å². The summed E-state index contributed by atoms with van der Waals surface area (Å²) < 4.78 is 13.2. The molecule has 1 atom stereocenters. The van der Waals surface area contributed by atoms with Gasteiger partial charge in [0.25, 0.3) is 0 Å². The molecule has 1 amide bonds. The van der Waals surface area contributed by atoms with Gasteiger partial charge in [-0.2, -0.15) is 0 Å². The van der Waals surface area contributed by atoms with Crippen molar-refractivity contribution in [1.82, 2.24) is 5.32 Å². The SMILES string of the molecule is CC(Cc1cccc(F)c1)C(=O)NCCc1cccc(C(=O)O)c1. The number of hydrogen-bond acceptors (Lipinski definition) is 2. The molecule has 0 bridgehead atoms. The molecule has 0 aliphatic carbocycles. The summed E-state index contributed by atoms with van der Waals surface area (Å²) in [7, 11) is 0. The highest BCUT2D eigenvalue weighted by Crippen LogP contribution is 2.11. The molecule has 4 nitrogen and oxygen atoms in total. The van der Waals surface area contributed by atoms with Crippen LogP contribution in [0.2, 0.25) is 0 Å². The van der Waals surface area contributed by atoms with Gasteiger partial charge in [-0.15, -0.1) is 0 Å². The largest absolute Gasteiger partial charge is 0.478 e. The Morgan fingerprint density at radius 1 is 1.12 bits per heavy atom. The summed E-state index contributed by atoms with van der Waals surface area (Å²) >= 11 is 0. The van der Waals surface area contributed by atoms with Crippen molar-refractivity contribution in [2.75, 3.05) is 6.54 Å². The maximum absolute atomic E-state index is 13.2. The van der Waals surface area contributed by atoms with Crippen molar-refractivity contribution < 1.29 is 19.1 Å². The third-order valence-corrected chi connectivity index (χ3v) is 3.77. The zero-order valence-electron chi connectivity index (χ0n) is 13.5. The van der Waals surface area contributed by atoms with E-state index in [1.54, 1.807) is 31.2 Å². The molecule has 0 heterocycles. The first-order valence-corrected chi connectivity index (χ1v) is 7.80. The van der Waals surface area contributed by atoms with Crippen molar-refractivity contribution in [3.05, 3.63) is 71.0 Å². The first kappa shape index (κ1) is 17.7. The molecule has 2 aromatic carbocycles. The van der Waals surface area contributed by atoms with Crippen LogP contribution in [-0.4, -0.2) is 23.5 Å². The van der Waals surface area contributed by atoms with Crippen LogP contribution in [0.4, 0.5) is 4.39 Å². The van der Waals surface area contributed by atoms with E-state index >= 15 is 0 Å². The molecule has 1 unspecified atom stereocenters. The standard InChI is InChI=1S/C19H20FNO3/c1-13(10-15-5-3-7-17(20)12-15)18(22)21-9-8-14-4-2-6-16(11-14)19(23)24/h2-7,11-13H,8-10H2,1H3,(H,21,22)(H,23,24). The Hall–Kier alpha value is -2.69. The van der Waals surface area contributed by atoms with E-state index < -0.39 is 5.97 Å². The number of nitrogens with one attached hydrogen (secondary N) is 1. The lowest BCUT2D eigenvalue weighted by atomic mass is 10.00. The molecule has 0 fully saturated rings. The van der Waals surface area contributed by atoms with E-state index in [1.807, 2.05) is 6.07 Å². The van der Waals surface area contributed by atoms with Crippen molar-refractivity contribution in [2.24, 2.45) is 5.92 Å². The molecular weight excluding hydrogens is 309 g/mol. The average Bonchev–Trinajstić information content (AvgIpc) is 2.55. The summed E-state index contributed by atoms with van der Waals surface area (Å²) in [5, 5.41) is 11.8. The third kappa shape index (κ3) is 5.19. The third-order valence-electron chi connectivity index (χ3n) is 3.77. The second kappa shape index (κ2) is 8.24. The van der Waals surface area contributed by atoms with Gasteiger partial charge in [0.1, 0.15) is 5.82 Å². The van der Waals surface area contributed by atoms with Crippen LogP contribution in [0, 0.1) is 11.7 Å². The number of hydrogen-bond donors (Lipinski definition) is 2. The number of carboxylic acids is 1. The van der Waals surface area contributed by atoms with Gasteiger partial charge in [0.2, 0.25) is 5.91 Å². The summed E-state index contributed by atoms with van der Waals surface area (Å²) in [6.07, 6.45) is 1.03. The van der Waals surface area contributed by atoms with Gasteiger partial charge < -0.3 is 10.4 Å². The van der Waals surface area contributed by atoms with Crippen LogP contribution in [0.1, 0.15) is 28.4 Å². The topological polar surface area (TPSA) is 66.4 Å². The van der Waals surface area contributed by atoms with Crippen LogP contribution in [0.3, 0.4) is 0 Å². The van der Waals surface area contributed by atoms with Crippen molar-refractivity contribution >= 4 is 11.9 Å². The Labute approximate surface area is 140 Å². The van der Waals surface area contributed by atoms with E-state index in [1.165, 1.54) is 18.2 Å². The van der Waals surface area contributed by atoms with Gasteiger partial charge in [-0.25, -0.2) is 9.18 Å². The smallest absolute Gasteiger partial charge is 0.335 e. The number of aromatic carboxylic acids is 1. The van der Waals surface area contributed by atoms with Gasteiger partial charge in [-0.3, -0.25) is 4.79 Å². The minimum absolute atomic E-state index is 0.103. The molecule has 2 N–H and O–H groups in total. The van der Waals surface area contributed by atoms with Crippen LogP contribution in [-0.2, 0) is 17.6 Å². The molecule has 126 valence electrons. The predicted octanol–water partition coefficient (Wildman–Crippen LogP) is 3.06. The Bertz CT molecular complexity index is 730. The van der Waals surface area contributed by atoms with Crippen molar-refractivity contribution in [2.45, 2.75) is 19.8 Å². The molecule has 5 heteroatoms. The Kier molecular flexibility index (Phi) is 6.07. The Morgan fingerprint density at radius 3 is 2.54 bits per heavy atom. The van der Waals surface area contributed by atoms with E-state index in [-0.39, 0.29) is 23.2 Å². The fourth-order valence-electron chi connectivity index (χ4n) is 2.47. The maximum atomic E-state index is 13.2. The van der Waals surface area contributed by atoms with Crippen LogP contribution in [0.5, 0.6) is 0 Å². The summed E-state index contributed by atoms with van der Waals surface area (Å²) in [6.45, 7) is 2.22. The first-order chi connectivity index (χ1) is 11.5. The summed E-state index contributed by atoms with van der Waals surface area (Å²) in [4.78, 5) is 23.0. The highest BCUT2D eigenvalue weighted by atomic mass is 19.1. The van der Waals surface area contributed by atoms with E-state index in [2.05, 4.69) is 5.32 Å². The monoisotopic (exact) mass is 329 g/mol. The highest BCUT2D eigenvalue weighted by Gasteiger charge is 2.13. The average molecular weight is 329 g/mol. The Morgan fingerprint density at radius 2 is 1.83 bits per heavy atom. The normalized spacial score (nSPS) is 11.8. The lowest BCUT2D eigenvalue weighted by molar-refractivity contribution is -0.124. The van der Waals surface area contributed by atoms with E-state index in [0.29, 0.717) is 19.4 Å². The van der Waals surface area contributed by atoms with Gasteiger partial charge in [0.05, 0.1) is 5.56 Å². The molecular formula is C19H20FNO3. The number of carbonyl (C=O) groups is 2. The fourth-order valence-corrected chi connectivity index (χ4v) is 2.47. The second-order valence-electron chi connectivity index (χ2n) is 5.78. The molecule has 2 aromatic rings.